The number of hydrogen-bond donors (Lipinski definition) is 1. The van der Waals surface area contributed by atoms with Gasteiger partial charge in [0.25, 0.3) is 0 Å². The van der Waals surface area contributed by atoms with E-state index in [0.29, 0.717) is 23.9 Å². The average molecular weight is 210 g/mol. The van der Waals surface area contributed by atoms with Gasteiger partial charge in [-0.1, -0.05) is 11.6 Å². The Labute approximate surface area is 88.1 Å². The molecule has 74 valence electrons. The van der Waals surface area contributed by atoms with Gasteiger partial charge in [0.1, 0.15) is 0 Å². The number of benzene rings is 1. The Hall–Kier alpha value is -0.860. The number of hydrogen-bond acceptors (Lipinski definition) is 2. The average Bonchev–Trinajstić information content (AvgIpc) is 2.18. The molecular weight excluding hydrogens is 198 g/mol. The molecule has 1 aliphatic carbocycles. The fraction of sp³-hybridized carbons (Fsp3) is 0.364. The highest BCUT2D eigenvalue weighted by Gasteiger charge is 2.24. The van der Waals surface area contributed by atoms with E-state index in [-0.39, 0.29) is 5.78 Å². The molecule has 0 radical (unpaired) electrons. The number of Topliss-reactive ketones (excluding diaryl/α,β-unsaturated/α-hetero) is 1. The van der Waals surface area contributed by atoms with Crippen molar-refractivity contribution in [2.24, 2.45) is 5.73 Å². The van der Waals surface area contributed by atoms with Gasteiger partial charge in [-0.2, -0.15) is 0 Å². The summed E-state index contributed by atoms with van der Waals surface area (Å²) in [5.74, 6) is 0.503. The van der Waals surface area contributed by atoms with Crippen LogP contribution < -0.4 is 5.73 Å². The standard InChI is InChI=1S/C11H12ClNO/c12-8-2-3-9-10(5-8)7(6-13)1-4-11(9)14/h2-3,5,7H,1,4,6,13H2. The third-order valence-electron chi connectivity index (χ3n) is 2.76. The first-order chi connectivity index (χ1) is 6.72. The van der Waals surface area contributed by atoms with Crippen LogP contribution in [0.15, 0.2) is 18.2 Å². The molecular formula is C11H12ClNO. The summed E-state index contributed by atoms with van der Waals surface area (Å²) in [5.41, 5.74) is 7.49. The number of nitrogens with two attached hydrogens (primary N) is 1. The number of carbonyl (C=O) groups is 1. The van der Waals surface area contributed by atoms with Gasteiger partial charge in [0.2, 0.25) is 0 Å². The Bertz CT molecular complexity index is 376. The number of halogens is 1. The largest absolute Gasteiger partial charge is 0.330 e. The Morgan fingerprint density at radius 2 is 2.29 bits per heavy atom. The van der Waals surface area contributed by atoms with Gasteiger partial charge in [-0.3, -0.25) is 4.79 Å². The first kappa shape index (κ1) is 9.69. The summed E-state index contributed by atoms with van der Waals surface area (Å²) in [6.45, 7) is 0.584. The number of rotatable bonds is 1. The zero-order valence-electron chi connectivity index (χ0n) is 7.79. The molecule has 3 heteroatoms. The van der Waals surface area contributed by atoms with Crippen molar-refractivity contribution in [3.63, 3.8) is 0 Å². The third-order valence-corrected chi connectivity index (χ3v) is 2.99. The Morgan fingerprint density at radius 1 is 1.50 bits per heavy atom. The minimum Gasteiger partial charge on any atom is -0.330 e. The normalized spacial score (nSPS) is 20.7. The Balaban J connectivity index is 2.51. The van der Waals surface area contributed by atoms with E-state index < -0.39 is 0 Å². The van der Waals surface area contributed by atoms with Gasteiger partial charge in [-0.05, 0) is 42.6 Å². The summed E-state index contributed by atoms with van der Waals surface area (Å²) in [4.78, 5) is 11.6. The zero-order valence-corrected chi connectivity index (χ0v) is 8.55. The molecule has 1 atom stereocenters. The molecule has 0 heterocycles. The van der Waals surface area contributed by atoms with Gasteiger partial charge in [-0.15, -0.1) is 0 Å². The van der Waals surface area contributed by atoms with E-state index >= 15 is 0 Å². The molecule has 0 aliphatic heterocycles. The molecule has 1 unspecified atom stereocenters. The second kappa shape index (κ2) is 3.71. The Kier molecular flexibility index (Phi) is 2.57. The van der Waals surface area contributed by atoms with E-state index in [1.165, 1.54) is 0 Å². The van der Waals surface area contributed by atoms with Crippen LogP contribution in [0.4, 0.5) is 0 Å². The molecule has 1 aliphatic rings. The molecule has 2 rings (SSSR count). The van der Waals surface area contributed by atoms with Crippen LogP contribution >= 0.6 is 11.6 Å². The molecule has 1 aromatic carbocycles. The summed E-state index contributed by atoms with van der Waals surface area (Å²) in [7, 11) is 0. The number of fused-ring (bicyclic) bond motifs is 1. The fourth-order valence-electron chi connectivity index (χ4n) is 1.97. The second-order valence-electron chi connectivity index (χ2n) is 3.63. The van der Waals surface area contributed by atoms with Gasteiger partial charge in [0.05, 0.1) is 0 Å². The molecule has 2 nitrogen and oxygen atoms in total. The molecule has 14 heavy (non-hydrogen) atoms. The summed E-state index contributed by atoms with van der Waals surface area (Å²) >= 11 is 5.89. The minimum absolute atomic E-state index is 0.210. The van der Waals surface area contributed by atoms with Crippen molar-refractivity contribution < 1.29 is 4.79 Å². The van der Waals surface area contributed by atoms with Crippen molar-refractivity contribution in [2.75, 3.05) is 6.54 Å². The van der Waals surface area contributed by atoms with Crippen molar-refractivity contribution in [2.45, 2.75) is 18.8 Å². The predicted octanol–water partition coefficient (Wildman–Crippen LogP) is 2.36. The van der Waals surface area contributed by atoms with Crippen LogP contribution in [0.2, 0.25) is 5.02 Å². The highest BCUT2D eigenvalue weighted by Crippen LogP contribution is 2.32. The first-order valence-corrected chi connectivity index (χ1v) is 5.13. The highest BCUT2D eigenvalue weighted by molar-refractivity contribution is 6.30. The van der Waals surface area contributed by atoms with Crippen molar-refractivity contribution in [1.82, 2.24) is 0 Å². The maximum Gasteiger partial charge on any atom is 0.163 e. The van der Waals surface area contributed by atoms with Crippen molar-refractivity contribution in [1.29, 1.82) is 0 Å². The number of carbonyl (C=O) groups excluding carboxylic acids is 1. The maximum atomic E-state index is 11.6. The monoisotopic (exact) mass is 209 g/mol. The Morgan fingerprint density at radius 3 is 3.00 bits per heavy atom. The zero-order chi connectivity index (χ0) is 10.1. The molecule has 0 fully saturated rings. The van der Waals surface area contributed by atoms with Crippen LogP contribution in [-0.2, 0) is 0 Å². The predicted molar refractivity (Wildman–Crippen MR) is 56.8 cm³/mol. The topological polar surface area (TPSA) is 43.1 Å². The van der Waals surface area contributed by atoms with Crippen LogP contribution in [0.3, 0.4) is 0 Å². The molecule has 0 bridgehead atoms. The SMILES string of the molecule is NCC1CCC(=O)c2ccc(Cl)cc21. The van der Waals surface area contributed by atoms with Crippen LogP contribution in [-0.4, -0.2) is 12.3 Å². The molecule has 0 spiro atoms. The van der Waals surface area contributed by atoms with Crippen LogP contribution in [0.1, 0.15) is 34.7 Å². The third kappa shape index (κ3) is 1.56. The van der Waals surface area contributed by atoms with Crippen molar-refractivity contribution in [3.8, 4) is 0 Å². The van der Waals surface area contributed by atoms with E-state index in [1.807, 2.05) is 12.1 Å². The molecule has 0 saturated carbocycles. The van der Waals surface area contributed by atoms with E-state index in [0.717, 1.165) is 17.5 Å². The van der Waals surface area contributed by atoms with Gasteiger partial charge in [-0.25, -0.2) is 0 Å². The second-order valence-corrected chi connectivity index (χ2v) is 4.06. The lowest BCUT2D eigenvalue weighted by molar-refractivity contribution is 0.0967. The van der Waals surface area contributed by atoms with Gasteiger partial charge < -0.3 is 5.73 Å². The van der Waals surface area contributed by atoms with Crippen LogP contribution in [0.25, 0.3) is 0 Å². The fourth-order valence-corrected chi connectivity index (χ4v) is 2.15. The minimum atomic E-state index is 0.210. The van der Waals surface area contributed by atoms with Gasteiger partial charge in [0, 0.05) is 17.0 Å². The van der Waals surface area contributed by atoms with Gasteiger partial charge >= 0.3 is 0 Å². The molecule has 0 saturated heterocycles. The maximum absolute atomic E-state index is 11.6. The van der Waals surface area contributed by atoms with Crippen LogP contribution in [0.5, 0.6) is 0 Å². The van der Waals surface area contributed by atoms with E-state index in [2.05, 4.69) is 0 Å². The smallest absolute Gasteiger partial charge is 0.163 e. The summed E-state index contributed by atoms with van der Waals surface area (Å²) < 4.78 is 0. The van der Waals surface area contributed by atoms with Crippen molar-refractivity contribution in [3.05, 3.63) is 34.3 Å². The van der Waals surface area contributed by atoms with Crippen molar-refractivity contribution >= 4 is 17.4 Å². The molecule has 0 amide bonds. The lowest BCUT2D eigenvalue weighted by Gasteiger charge is -2.23. The van der Waals surface area contributed by atoms with Crippen LogP contribution in [0, 0.1) is 0 Å². The quantitative estimate of drug-likeness (QED) is 0.772. The molecule has 2 N–H and O–H groups in total. The van der Waals surface area contributed by atoms with E-state index in [1.54, 1.807) is 6.07 Å². The summed E-state index contributed by atoms with van der Waals surface area (Å²) in [6.07, 6.45) is 1.46. The molecule has 0 aromatic heterocycles. The van der Waals surface area contributed by atoms with E-state index in [4.69, 9.17) is 17.3 Å². The lowest BCUT2D eigenvalue weighted by atomic mass is 9.82. The number of ketones is 1. The summed E-state index contributed by atoms with van der Waals surface area (Å²) in [5, 5.41) is 0.678. The first-order valence-electron chi connectivity index (χ1n) is 4.75. The van der Waals surface area contributed by atoms with Gasteiger partial charge in [0.15, 0.2) is 5.78 Å². The summed E-state index contributed by atoms with van der Waals surface area (Å²) in [6, 6.07) is 5.44. The highest BCUT2D eigenvalue weighted by atomic mass is 35.5. The molecule has 1 aromatic rings. The van der Waals surface area contributed by atoms with E-state index in [9.17, 15) is 4.79 Å². The lowest BCUT2D eigenvalue weighted by Crippen LogP contribution is -2.21.